The Balaban J connectivity index is 0.00000380. The molecule has 4 rings (SSSR count). The summed E-state index contributed by atoms with van der Waals surface area (Å²) < 4.78 is 37.4. The van der Waals surface area contributed by atoms with Gasteiger partial charge in [-0.05, 0) is 80.4 Å². The highest BCUT2D eigenvalue weighted by Gasteiger charge is 2.29. The smallest absolute Gasteiger partial charge is 0.382 e. The van der Waals surface area contributed by atoms with Gasteiger partial charge in [0.1, 0.15) is 5.82 Å². The number of benzene rings is 1. The highest BCUT2D eigenvalue weighted by Crippen LogP contribution is 2.37. The van der Waals surface area contributed by atoms with Gasteiger partial charge in [-0.2, -0.15) is 13.2 Å². The number of hydrogen-bond acceptors (Lipinski definition) is 6. The van der Waals surface area contributed by atoms with Crippen LogP contribution in [0.1, 0.15) is 38.7 Å². The number of nitrogens with zero attached hydrogens (tertiary/aromatic N) is 4. The molecule has 2 aliphatic rings. The summed E-state index contributed by atoms with van der Waals surface area (Å²) in [5.41, 5.74) is -2.30. The Hall–Kier alpha value is -2.46. The average molecular weight is 538 g/mol. The molecule has 0 atom stereocenters. The van der Waals surface area contributed by atoms with Crippen LogP contribution in [0.5, 0.6) is 0 Å². The van der Waals surface area contributed by atoms with E-state index in [1.807, 2.05) is 18.0 Å². The van der Waals surface area contributed by atoms with Gasteiger partial charge in [-0.1, -0.05) is 13.5 Å². The van der Waals surface area contributed by atoms with E-state index in [4.69, 9.17) is 0 Å². The van der Waals surface area contributed by atoms with Crippen LogP contribution in [-0.4, -0.2) is 78.1 Å². The van der Waals surface area contributed by atoms with E-state index >= 15 is 0 Å². The molecule has 2 fully saturated rings. The predicted molar refractivity (Wildman–Crippen MR) is 145 cm³/mol. The third kappa shape index (κ3) is 9.10. The Kier molecular flexibility index (Phi) is 10.5. The lowest BCUT2D eigenvalue weighted by Gasteiger charge is -2.36. The van der Waals surface area contributed by atoms with Gasteiger partial charge < -0.3 is 15.1 Å². The number of pyridine rings is 1. The molecule has 1 aromatic carbocycles. The summed E-state index contributed by atoms with van der Waals surface area (Å²) in [6.07, 6.45) is 5.00. The van der Waals surface area contributed by atoms with Crippen molar-refractivity contribution in [3.63, 3.8) is 0 Å². The first-order chi connectivity index (χ1) is 17.2. The minimum absolute atomic E-state index is 0. The number of piperidine rings is 1. The van der Waals surface area contributed by atoms with Gasteiger partial charge in [0.05, 0.1) is 0 Å². The molecule has 1 amide bonds. The van der Waals surface area contributed by atoms with Crippen molar-refractivity contribution in [3.8, 4) is 0 Å². The average Bonchev–Trinajstić information content (AvgIpc) is 2.86. The fourth-order valence-corrected chi connectivity index (χ4v) is 5.26. The molecule has 37 heavy (non-hydrogen) atoms. The molecule has 1 aromatic heterocycles. The summed E-state index contributed by atoms with van der Waals surface area (Å²) >= 11 is -0.106. The largest absolute Gasteiger partial charge is 0.446 e. The van der Waals surface area contributed by atoms with Gasteiger partial charge in [0.25, 0.3) is 0 Å². The topological polar surface area (TPSA) is 51.7 Å². The van der Waals surface area contributed by atoms with Gasteiger partial charge in [0, 0.05) is 68.5 Å². The second-order valence-electron chi connectivity index (χ2n) is 9.50. The van der Waals surface area contributed by atoms with Crippen molar-refractivity contribution in [2.45, 2.75) is 56.5 Å². The van der Waals surface area contributed by atoms with E-state index in [9.17, 15) is 18.0 Å². The van der Waals surface area contributed by atoms with Crippen molar-refractivity contribution in [2.24, 2.45) is 0 Å². The van der Waals surface area contributed by atoms with E-state index in [-0.39, 0.29) is 36.0 Å². The third-order valence-corrected chi connectivity index (χ3v) is 7.50. The number of hydrogen-bond donors (Lipinski definition) is 1. The van der Waals surface area contributed by atoms with E-state index in [2.05, 4.69) is 32.2 Å². The van der Waals surface area contributed by atoms with Crippen LogP contribution in [0.25, 0.3) is 0 Å². The van der Waals surface area contributed by atoms with Crippen LogP contribution in [0, 0.1) is 6.92 Å². The first kappa shape index (κ1) is 29.1. The van der Waals surface area contributed by atoms with Crippen LogP contribution < -0.4 is 10.2 Å². The summed E-state index contributed by atoms with van der Waals surface area (Å²) in [6.45, 7) is 8.26. The number of anilines is 2. The fourth-order valence-electron chi connectivity index (χ4n) is 4.72. The number of amides is 1. The van der Waals surface area contributed by atoms with E-state index in [0.717, 1.165) is 63.5 Å². The lowest BCUT2D eigenvalue weighted by atomic mass is 10.0. The lowest BCUT2D eigenvalue weighted by Crippen LogP contribution is -2.47. The highest BCUT2D eigenvalue weighted by molar-refractivity contribution is 8.00. The summed E-state index contributed by atoms with van der Waals surface area (Å²) in [4.78, 5) is 24.1. The minimum atomic E-state index is -4.28. The zero-order valence-corrected chi connectivity index (χ0v) is 21.5. The first-order valence-electron chi connectivity index (χ1n) is 12.6. The van der Waals surface area contributed by atoms with E-state index in [1.54, 1.807) is 12.1 Å². The fraction of sp³-hybridized carbons (Fsp3) is 0.556. The first-order valence-corrected chi connectivity index (χ1v) is 13.4. The molecular formula is C27H38F3N5OS. The van der Waals surface area contributed by atoms with Gasteiger partial charge in [-0.15, -0.1) is 0 Å². The van der Waals surface area contributed by atoms with Crippen molar-refractivity contribution in [1.29, 1.82) is 0 Å². The van der Waals surface area contributed by atoms with Crippen molar-refractivity contribution in [1.82, 2.24) is 14.8 Å². The number of carbonyl (C=O) groups is 1. The third-order valence-electron chi connectivity index (χ3n) is 6.76. The number of aromatic nitrogens is 1. The van der Waals surface area contributed by atoms with Crippen LogP contribution in [0.15, 0.2) is 47.5 Å². The van der Waals surface area contributed by atoms with Gasteiger partial charge in [-0.3, -0.25) is 9.69 Å². The molecule has 2 aliphatic heterocycles. The Labute approximate surface area is 222 Å². The molecule has 2 saturated heterocycles. The Morgan fingerprint density at radius 2 is 1.70 bits per heavy atom. The number of thioether (sulfide) groups is 1. The summed E-state index contributed by atoms with van der Waals surface area (Å²) in [7, 11) is 0. The SMILES string of the molecule is C.Cc1ccc(N2CCN(CCCC(=O)N3CCC(Nc4ccc(SC(F)(F)F)cc4)CC3)CC2)nc1. The summed E-state index contributed by atoms with van der Waals surface area (Å²) in [5.74, 6) is 1.25. The van der Waals surface area contributed by atoms with E-state index in [0.29, 0.717) is 19.5 Å². The summed E-state index contributed by atoms with van der Waals surface area (Å²) in [5, 5.41) is 3.39. The van der Waals surface area contributed by atoms with Gasteiger partial charge >= 0.3 is 5.51 Å². The van der Waals surface area contributed by atoms with Gasteiger partial charge in [0.15, 0.2) is 0 Å². The van der Waals surface area contributed by atoms with Crippen LogP contribution >= 0.6 is 11.8 Å². The quantitative estimate of drug-likeness (QED) is 0.440. The van der Waals surface area contributed by atoms with E-state index < -0.39 is 5.51 Å². The van der Waals surface area contributed by atoms with E-state index in [1.165, 1.54) is 17.7 Å². The predicted octanol–water partition coefficient (Wildman–Crippen LogP) is 5.64. The van der Waals surface area contributed by atoms with Gasteiger partial charge in [0.2, 0.25) is 5.91 Å². The molecule has 10 heteroatoms. The monoisotopic (exact) mass is 537 g/mol. The molecule has 0 bridgehead atoms. The molecule has 204 valence electrons. The maximum absolute atomic E-state index is 12.7. The maximum Gasteiger partial charge on any atom is 0.446 e. The van der Waals surface area contributed by atoms with Crippen molar-refractivity contribution < 1.29 is 18.0 Å². The molecule has 0 aliphatic carbocycles. The lowest BCUT2D eigenvalue weighted by molar-refractivity contribution is -0.132. The molecular weight excluding hydrogens is 499 g/mol. The molecule has 2 aromatic rings. The Morgan fingerprint density at radius 1 is 1.03 bits per heavy atom. The number of piperazine rings is 1. The molecule has 0 radical (unpaired) electrons. The van der Waals surface area contributed by atoms with Crippen LogP contribution in [0.2, 0.25) is 0 Å². The van der Waals surface area contributed by atoms with Crippen LogP contribution in [-0.2, 0) is 4.79 Å². The van der Waals surface area contributed by atoms with Crippen molar-refractivity contribution in [3.05, 3.63) is 48.2 Å². The number of aryl methyl sites for hydroxylation is 1. The maximum atomic E-state index is 12.7. The molecule has 1 N–H and O–H groups in total. The van der Waals surface area contributed by atoms with Crippen LogP contribution in [0.3, 0.4) is 0 Å². The number of likely N-dealkylation sites (tertiary alicyclic amines) is 1. The second kappa shape index (κ2) is 13.4. The highest BCUT2D eigenvalue weighted by atomic mass is 32.2. The zero-order valence-electron chi connectivity index (χ0n) is 20.6. The number of rotatable bonds is 8. The van der Waals surface area contributed by atoms with Gasteiger partial charge in [-0.25, -0.2) is 4.98 Å². The molecule has 3 heterocycles. The summed E-state index contributed by atoms with van der Waals surface area (Å²) in [6, 6.07) is 10.7. The molecule has 6 nitrogen and oxygen atoms in total. The molecule has 0 saturated carbocycles. The number of carbonyl (C=O) groups excluding carboxylic acids is 1. The minimum Gasteiger partial charge on any atom is -0.382 e. The van der Waals surface area contributed by atoms with Crippen molar-refractivity contribution >= 4 is 29.2 Å². The Bertz CT molecular complexity index is 971. The number of halogens is 3. The van der Waals surface area contributed by atoms with Crippen LogP contribution in [0.4, 0.5) is 24.7 Å². The van der Waals surface area contributed by atoms with Crippen molar-refractivity contribution in [2.75, 3.05) is 56.0 Å². The normalized spacial score (nSPS) is 17.4. The number of alkyl halides is 3. The molecule has 0 spiro atoms. The number of nitrogens with one attached hydrogen (secondary N) is 1. The second-order valence-corrected chi connectivity index (χ2v) is 10.6. The zero-order chi connectivity index (χ0) is 25.5. The Morgan fingerprint density at radius 3 is 2.30 bits per heavy atom. The standard InChI is InChI=1S/C26H34F3N5OS.CH4/c1-20-4-9-24(30-19-20)33-17-15-32(16-18-33)12-2-3-25(35)34-13-10-22(11-14-34)31-21-5-7-23(8-6-21)36-26(27,28)29;/h4-9,19,22,31H,2-3,10-18H2,1H3;1H4. The molecule has 0 unspecified atom stereocenters.